The van der Waals surface area contributed by atoms with Crippen LogP contribution in [-0.4, -0.2) is 57.1 Å². The molecule has 2 aromatic rings. The maximum atomic E-state index is 13.4. The van der Waals surface area contributed by atoms with Gasteiger partial charge in [0.2, 0.25) is 5.91 Å². The minimum absolute atomic E-state index is 0.156. The van der Waals surface area contributed by atoms with Crippen LogP contribution in [0.5, 0.6) is 0 Å². The Morgan fingerprint density at radius 3 is 2.68 bits per heavy atom. The number of hydrogen-bond donors (Lipinski definition) is 1. The van der Waals surface area contributed by atoms with Gasteiger partial charge in [-0.25, -0.2) is 4.98 Å². The highest BCUT2D eigenvalue weighted by Crippen LogP contribution is 2.45. The molecule has 0 radical (unpaired) electrons. The Kier molecular flexibility index (Phi) is 4.67. The third kappa shape index (κ3) is 3.58. The molecular weight excluding hydrogens is 350 g/mol. The van der Waals surface area contributed by atoms with Gasteiger partial charge in [0, 0.05) is 38.6 Å². The van der Waals surface area contributed by atoms with Crippen molar-refractivity contribution in [3.8, 4) is 0 Å². The summed E-state index contributed by atoms with van der Waals surface area (Å²) in [6, 6.07) is 10.6. The number of aromatic nitrogens is 3. The van der Waals surface area contributed by atoms with Gasteiger partial charge in [-0.3, -0.25) is 14.8 Å². The monoisotopic (exact) mass is 379 g/mol. The van der Waals surface area contributed by atoms with E-state index in [0.29, 0.717) is 11.8 Å². The van der Waals surface area contributed by atoms with Crippen molar-refractivity contribution < 1.29 is 4.79 Å². The maximum absolute atomic E-state index is 13.4. The van der Waals surface area contributed by atoms with Gasteiger partial charge < -0.3 is 4.90 Å². The first-order valence-electron chi connectivity index (χ1n) is 10.6. The zero-order chi connectivity index (χ0) is 19.1. The molecule has 2 saturated heterocycles. The quantitative estimate of drug-likeness (QED) is 0.867. The Bertz CT molecular complexity index is 830. The molecule has 1 aromatic carbocycles. The first kappa shape index (κ1) is 17.9. The summed E-state index contributed by atoms with van der Waals surface area (Å²) >= 11 is 0. The summed E-state index contributed by atoms with van der Waals surface area (Å²) in [5.41, 5.74) is 1.34. The van der Waals surface area contributed by atoms with Gasteiger partial charge in [-0.2, -0.15) is 5.10 Å². The van der Waals surface area contributed by atoms with Crippen molar-refractivity contribution in [1.29, 1.82) is 0 Å². The lowest BCUT2D eigenvalue weighted by atomic mass is 9.90. The van der Waals surface area contributed by atoms with Crippen LogP contribution in [-0.2, 0) is 11.3 Å². The summed E-state index contributed by atoms with van der Waals surface area (Å²) in [5, 5.41) is 7.25. The average molecular weight is 380 g/mol. The van der Waals surface area contributed by atoms with E-state index in [2.05, 4.69) is 55.3 Å². The highest BCUT2D eigenvalue weighted by atomic mass is 16.2. The summed E-state index contributed by atoms with van der Waals surface area (Å²) in [7, 11) is 0. The molecule has 28 heavy (non-hydrogen) atoms. The number of aryl methyl sites for hydroxylation is 1. The average Bonchev–Trinajstić information content (AvgIpc) is 3.09. The summed E-state index contributed by atoms with van der Waals surface area (Å²) in [6.45, 7) is 6.44. The molecule has 0 bridgehead atoms. The molecule has 0 spiro atoms. The SMILES string of the molecule is Cc1nc(C2CCN(C(=O)[C@@H]3CN(Cc4ccccc4)C[C@H]3C3CC3)C2)n[nH]1. The zero-order valence-corrected chi connectivity index (χ0v) is 16.6. The third-order valence-electron chi connectivity index (χ3n) is 6.71. The van der Waals surface area contributed by atoms with Gasteiger partial charge >= 0.3 is 0 Å². The van der Waals surface area contributed by atoms with E-state index in [0.717, 1.165) is 56.7 Å². The van der Waals surface area contributed by atoms with Crippen LogP contribution in [0.2, 0.25) is 0 Å². The number of likely N-dealkylation sites (tertiary alicyclic amines) is 2. The fraction of sp³-hybridized carbons (Fsp3) is 0.591. The number of rotatable bonds is 5. The van der Waals surface area contributed by atoms with Crippen LogP contribution in [0.3, 0.4) is 0 Å². The van der Waals surface area contributed by atoms with E-state index in [1.54, 1.807) is 0 Å². The summed E-state index contributed by atoms with van der Waals surface area (Å²) in [4.78, 5) is 22.5. The lowest BCUT2D eigenvalue weighted by Gasteiger charge is -2.24. The van der Waals surface area contributed by atoms with E-state index in [4.69, 9.17) is 0 Å². The highest BCUT2D eigenvalue weighted by Gasteiger charge is 2.47. The Hall–Kier alpha value is -2.21. The van der Waals surface area contributed by atoms with Gasteiger partial charge in [-0.15, -0.1) is 0 Å². The summed E-state index contributed by atoms with van der Waals surface area (Å²) in [6.07, 6.45) is 3.57. The third-order valence-corrected chi connectivity index (χ3v) is 6.71. The molecule has 5 rings (SSSR count). The van der Waals surface area contributed by atoms with Crippen LogP contribution < -0.4 is 0 Å². The number of H-pyrrole nitrogens is 1. The van der Waals surface area contributed by atoms with E-state index in [1.807, 2.05) is 6.92 Å². The topological polar surface area (TPSA) is 65.1 Å². The molecule has 1 saturated carbocycles. The van der Waals surface area contributed by atoms with Crippen LogP contribution in [0.1, 0.15) is 42.4 Å². The molecule has 1 aromatic heterocycles. The highest BCUT2D eigenvalue weighted by molar-refractivity contribution is 5.80. The van der Waals surface area contributed by atoms with Crippen molar-refractivity contribution in [2.24, 2.45) is 17.8 Å². The smallest absolute Gasteiger partial charge is 0.227 e. The van der Waals surface area contributed by atoms with E-state index in [9.17, 15) is 4.79 Å². The fourth-order valence-electron chi connectivity index (χ4n) is 5.10. The predicted octanol–water partition coefficient (Wildman–Crippen LogP) is 2.59. The first-order chi connectivity index (χ1) is 13.7. The Labute approximate surface area is 166 Å². The maximum Gasteiger partial charge on any atom is 0.227 e. The van der Waals surface area contributed by atoms with Crippen molar-refractivity contribution in [2.45, 2.75) is 38.6 Å². The number of nitrogens with zero attached hydrogens (tertiary/aromatic N) is 4. The molecule has 148 valence electrons. The Morgan fingerprint density at radius 2 is 1.96 bits per heavy atom. The normalized spacial score (nSPS) is 28.2. The van der Waals surface area contributed by atoms with E-state index < -0.39 is 0 Å². The van der Waals surface area contributed by atoms with E-state index >= 15 is 0 Å². The number of amides is 1. The lowest BCUT2D eigenvalue weighted by Crippen LogP contribution is -2.38. The molecule has 3 heterocycles. The second kappa shape index (κ2) is 7.32. The van der Waals surface area contributed by atoms with Crippen LogP contribution in [0, 0.1) is 24.7 Å². The van der Waals surface area contributed by atoms with Crippen LogP contribution in [0.25, 0.3) is 0 Å². The molecule has 1 N–H and O–H groups in total. The molecule has 2 aliphatic heterocycles. The first-order valence-corrected chi connectivity index (χ1v) is 10.6. The van der Waals surface area contributed by atoms with Crippen molar-refractivity contribution in [3.05, 3.63) is 47.5 Å². The molecule has 6 nitrogen and oxygen atoms in total. The lowest BCUT2D eigenvalue weighted by molar-refractivity contribution is -0.135. The van der Waals surface area contributed by atoms with Crippen molar-refractivity contribution in [2.75, 3.05) is 26.2 Å². The number of carbonyl (C=O) groups excluding carboxylic acids is 1. The Balaban J connectivity index is 1.25. The van der Waals surface area contributed by atoms with Gasteiger partial charge in [0.05, 0.1) is 5.92 Å². The van der Waals surface area contributed by atoms with Crippen molar-refractivity contribution in [3.63, 3.8) is 0 Å². The second-order valence-electron chi connectivity index (χ2n) is 8.84. The van der Waals surface area contributed by atoms with Gasteiger partial charge in [-0.05, 0) is 43.6 Å². The standard InChI is InChI=1S/C22H29N5O/c1-15-23-21(25-24-15)18-9-10-27(12-18)22(28)20-14-26(13-19(20)17-7-8-17)11-16-5-3-2-4-6-16/h2-6,17-20H,7-14H2,1H3,(H,23,24,25)/t18?,19-,20+/m0/s1. The molecule has 6 heteroatoms. The number of aromatic amines is 1. The van der Waals surface area contributed by atoms with Crippen LogP contribution in [0.4, 0.5) is 0 Å². The van der Waals surface area contributed by atoms with Crippen molar-refractivity contribution in [1.82, 2.24) is 25.0 Å². The summed E-state index contributed by atoms with van der Waals surface area (Å²) < 4.78 is 0. The zero-order valence-electron chi connectivity index (χ0n) is 16.6. The molecule has 1 amide bonds. The molecule has 3 fully saturated rings. The molecular formula is C22H29N5O. The van der Waals surface area contributed by atoms with Gasteiger partial charge in [0.1, 0.15) is 5.82 Å². The molecule has 1 unspecified atom stereocenters. The Morgan fingerprint density at radius 1 is 1.14 bits per heavy atom. The van der Waals surface area contributed by atoms with E-state index in [1.165, 1.54) is 18.4 Å². The minimum atomic E-state index is 0.156. The van der Waals surface area contributed by atoms with Crippen LogP contribution >= 0.6 is 0 Å². The largest absolute Gasteiger partial charge is 0.342 e. The van der Waals surface area contributed by atoms with Crippen LogP contribution in [0.15, 0.2) is 30.3 Å². The number of hydrogen-bond acceptors (Lipinski definition) is 4. The number of nitrogens with one attached hydrogen (secondary N) is 1. The predicted molar refractivity (Wildman–Crippen MR) is 106 cm³/mol. The second-order valence-corrected chi connectivity index (χ2v) is 8.84. The minimum Gasteiger partial charge on any atom is -0.342 e. The molecule has 3 aliphatic rings. The number of benzene rings is 1. The van der Waals surface area contributed by atoms with Gasteiger partial charge in [-0.1, -0.05) is 30.3 Å². The number of carbonyl (C=O) groups is 1. The molecule has 1 aliphatic carbocycles. The van der Waals surface area contributed by atoms with Gasteiger partial charge in [0.15, 0.2) is 5.82 Å². The van der Waals surface area contributed by atoms with E-state index in [-0.39, 0.29) is 11.8 Å². The molecule has 3 atom stereocenters. The summed E-state index contributed by atoms with van der Waals surface area (Å²) in [5.74, 6) is 3.79. The van der Waals surface area contributed by atoms with Gasteiger partial charge in [0.25, 0.3) is 0 Å². The fourth-order valence-corrected chi connectivity index (χ4v) is 5.10. The van der Waals surface area contributed by atoms with Crippen molar-refractivity contribution >= 4 is 5.91 Å².